The number of aryl methyl sites for hydroxylation is 2. The molecule has 0 fully saturated rings. The van der Waals surface area contributed by atoms with Crippen molar-refractivity contribution in [3.63, 3.8) is 0 Å². The molecule has 9 aromatic carbocycles. The van der Waals surface area contributed by atoms with Crippen molar-refractivity contribution in [3.05, 3.63) is 307 Å². The number of nitrogens with one attached hydrogen (secondary N) is 5. The molecule has 0 spiro atoms. The summed E-state index contributed by atoms with van der Waals surface area (Å²) in [6, 6.07) is 70.3. The standard InChI is InChI=1S/C16H22O3.C15H22N2O2.C15H14O3S.C11H14O.C8H17NO2.2C8H8O.C8H6O.C7H14BrNO2.C7H7ClO2S.C7H16N2O2.2CH2O2.Al.Li.Na.5H/c1-16(2,3)19-15(17)9-6-10-18-14-11-12-7-4-5-8-13(12)14;1-15(2,3)19-14(18)17-9-8-16-13-10-11-6-4-5-7-12(11)13;1-11-6-8-13(9-7-11)19(16,17)18-15-10-12-4-2-3-5-14(12)15;1-2-7-12-11-8-9-5-3-4-6-10(9)11;1-5-6-9-7(10)11-8(2,3)4;3*9-8-5-6-3-1-2-4-7(6)8;1-7(2,3)11-6(10)9-5-4-8;1-6-2-4-7(5-3-6)11(8,9)10;1-7(2,3)11-6(10)9-5-4-8;2*2-1-3;;;;;;;;/h4-5,7-8,14H,6,9-11H2,1-3H3;4-7,13,16H,8-10H2,1-3H3,(H,17,18);2-9,15H,10H2,1H3;3-6,11H,2,7-8H2,1H3;5-6H2,1-4H3,(H,9,10);2*1-4,8-9H,5H2;1-4H,5H2;4-5H2,1-3H3,(H,9,10);2-5H,1H3;4-5,8H2,1-3H3,(H,9,10);2*1H,(H,2,3);;;;;;;;/q;;;;;;;;;;;;;;2*+1;;;;2*-1. The second-order valence-corrected chi connectivity index (χ2v) is 44.1. The van der Waals surface area contributed by atoms with Gasteiger partial charge in [-0.3, -0.25) is 23.4 Å². The summed E-state index contributed by atoms with van der Waals surface area (Å²) in [4.78, 5) is 83.3. The Morgan fingerprint density at radius 2 is 0.752 bits per heavy atom. The molecule has 4 amide bonds. The van der Waals surface area contributed by atoms with E-state index in [1.165, 1.54) is 62.2 Å². The maximum Gasteiger partial charge on any atom is 1.00 e. The molecular formula is C112H157AlBrClLiN6NaO24S2. The molecule has 0 aliphatic heterocycles. The molecule has 9 aromatic rings. The molecule has 7 aliphatic carbocycles. The first-order valence-electron chi connectivity index (χ1n) is 48.6. The van der Waals surface area contributed by atoms with Gasteiger partial charge in [0.25, 0.3) is 32.1 Å². The van der Waals surface area contributed by atoms with Crippen LogP contribution >= 0.6 is 26.6 Å². The molecule has 810 valence electrons. The van der Waals surface area contributed by atoms with Crippen molar-refractivity contribution in [1.29, 1.82) is 0 Å². The number of aliphatic hydroxyl groups excluding tert-OH is 2. The number of fused-ring (bicyclic) bond motifs is 7. The largest absolute Gasteiger partial charge is 1.00 e. The monoisotopic (exact) mass is 2200 g/mol. The fourth-order valence-electron chi connectivity index (χ4n) is 14.0. The van der Waals surface area contributed by atoms with Crippen LogP contribution in [0.25, 0.3) is 0 Å². The normalized spacial score (nSPS) is 15.3. The number of ketones is 1. The first-order chi connectivity index (χ1) is 68.7. The number of esters is 1. The zero-order valence-electron chi connectivity index (χ0n) is 91.6. The van der Waals surface area contributed by atoms with Crippen LogP contribution in [0.4, 0.5) is 19.2 Å². The van der Waals surface area contributed by atoms with E-state index in [0.717, 1.165) is 102 Å². The minimum atomic E-state index is -3.68. The number of carbonyl (C=O) groups excluding carboxylic acids is 6. The molecule has 0 radical (unpaired) electrons. The smallest absolute Gasteiger partial charge is 1.00 e. The number of halogens is 2. The number of amides is 4. The number of Topliss-reactive ketones (excluding diaryl/α,β-unsaturated/α-hetero) is 1. The summed E-state index contributed by atoms with van der Waals surface area (Å²) in [5, 5.41) is 46.6. The molecule has 30 nitrogen and oxygen atoms in total. The van der Waals surface area contributed by atoms with Crippen molar-refractivity contribution in [2.24, 2.45) is 5.73 Å². The van der Waals surface area contributed by atoms with Gasteiger partial charge in [-0.25, -0.2) is 27.6 Å². The fraction of sp³-hybridized carbons (Fsp3) is 0.446. The fourth-order valence-corrected chi connectivity index (χ4v) is 16.0. The van der Waals surface area contributed by atoms with E-state index in [4.69, 9.17) is 83.8 Å². The summed E-state index contributed by atoms with van der Waals surface area (Å²) in [6.45, 7) is 40.1. The molecule has 7 aliphatic rings. The zero-order valence-corrected chi connectivity index (χ0v) is 95.6. The number of nitrogens with two attached hydrogens (primary N) is 1. The Labute approximate surface area is 942 Å². The third-order valence-electron chi connectivity index (χ3n) is 20.9. The number of hydrogen-bond acceptors (Lipinski definition) is 24. The summed E-state index contributed by atoms with van der Waals surface area (Å²) in [6.07, 6.45) is 7.77. The molecular weight excluding hydrogens is 2050 g/mol. The number of hydrogen-bond donors (Lipinski definition) is 10. The van der Waals surface area contributed by atoms with Gasteiger partial charge in [0.2, 0.25) is 0 Å². The van der Waals surface area contributed by atoms with Crippen LogP contribution in [0.3, 0.4) is 0 Å². The number of alkyl halides is 1. The number of rotatable bonds is 22. The molecule has 0 aromatic heterocycles. The van der Waals surface area contributed by atoms with Crippen molar-refractivity contribution in [1.82, 2.24) is 26.6 Å². The maximum atomic E-state index is 12.1. The molecule has 6 unspecified atom stereocenters. The average Bonchev–Trinajstić information content (AvgIpc) is 0.803. The first kappa shape index (κ1) is 138. The Morgan fingerprint density at radius 1 is 0.430 bits per heavy atom. The van der Waals surface area contributed by atoms with Crippen molar-refractivity contribution < 1.29 is 164 Å². The van der Waals surface area contributed by atoms with Gasteiger partial charge in [0.15, 0.2) is 23.1 Å². The number of carbonyl (C=O) groups is 8. The van der Waals surface area contributed by atoms with Crippen molar-refractivity contribution in [2.75, 3.05) is 57.8 Å². The SMILES string of the molecule is CC(C)(C)OC(=O)CCCOC1Cc2ccccc21.CC(C)(C)OC(=O)NCCBr.CC(C)(C)OC(=O)NCCN.CC(C)(C)OC(=O)NCCNC1Cc2ccccc21.CCCNC(=O)OC(C)(C)C.CCCOC1Cc2ccccc21.Cc1ccc(S(=O)(=O)Cl)cc1.Cc1ccc(S(=O)(=O)OC2Cc3ccccc32)cc1.O=C1Cc2ccccc21.O=CO.O=CO.OC1Cc2ccccc21.OC1Cc2ccccc21.[AlH3].[H-].[H-].[Li+].[Na+]. The molecule has 0 heterocycles. The molecule has 0 saturated heterocycles. The van der Waals surface area contributed by atoms with Crippen molar-refractivity contribution in [2.45, 2.75) is 277 Å². The zero-order chi connectivity index (χ0) is 109. The van der Waals surface area contributed by atoms with Gasteiger partial charge in [0, 0.05) is 125 Å². The quantitative estimate of drug-likeness (QED) is 0.00440. The van der Waals surface area contributed by atoms with Gasteiger partial charge in [-0.15, -0.1) is 0 Å². The molecule has 11 N–H and O–H groups in total. The number of aliphatic hydroxyl groups is 2. The van der Waals surface area contributed by atoms with Crippen LogP contribution in [0.5, 0.6) is 0 Å². The molecule has 16 rings (SSSR count). The van der Waals surface area contributed by atoms with E-state index in [1.807, 2.05) is 216 Å². The van der Waals surface area contributed by atoms with Gasteiger partial charge >= 0.3 is 78.8 Å². The first-order valence-corrected chi connectivity index (χ1v) is 53.5. The van der Waals surface area contributed by atoms with Crippen LogP contribution in [0, 0.1) is 13.8 Å². The predicted octanol–water partition coefficient (Wildman–Crippen LogP) is 14.2. The summed E-state index contributed by atoms with van der Waals surface area (Å²) in [7, 11) is -2.14. The topological polar surface area (TPSA) is 446 Å². The third-order valence-corrected chi connectivity index (χ3v) is 24.0. The summed E-state index contributed by atoms with van der Waals surface area (Å²) < 4.78 is 87.7. The molecule has 37 heteroatoms. The maximum absolute atomic E-state index is 12.1. The van der Waals surface area contributed by atoms with Crippen LogP contribution in [-0.2, 0) is 116 Å². The Kier molecular flexibility index (Phi) is 64.7. The Hall–Kier alpha value is -9.34. The van der Waals surface area contributed by atoms with Crippen LogP contribution in [0.15, 0.2) is 228 Å². The van der Waals surface area contributed by atoms with Gasteiger partial charge in [0.1, 0.15) is 34.1 Å². The van der Waals surface area contributed by atoms with Crippen LogP contribution < -0.4 is 80.7 Å². The Morgan fingerprint density at radius 3 is 1.07 bits per heavy atom. The van der Waals surface area contributed by atoms with Crippen LogP contribution in [0.1, 0.15) is 277 Å². The van der Waals surface area contributed by atoms with E-state index in [1.54, 1.807) is 36.4 Å². The van der Waals surface area contributed by atoms with Gasteiger partial charge in [0.05, 0.1) is 34.2 Å². The summed E-state index contributed by atoms with van der Waals surface area (Å²) >= 11 is 3.19. The minimum absolute atomic E-state index is 0. The summed E-state index contributed by atoms with van der Waals surface area (Å²) in [5.74, 6) is 0.135. The van der Waals surface area contributed by atoms with Gasteiger partial charge in [-0.1, -0.05) is 235 Å². The number of carboxylic acid groups (broad SMARTS) is 2. The molecule has 0 saturated carbocycles. The Bertz CT molecular complexity index is 5570. The number of benzene rings is 9. The van der Waals surface area contributed by atoms with E-state index in [0.29, 0.717) is 77.2 Å². The van der Waals surface area contributed by atoms with Gasteiger partial charge < -0.3 is 88.8 Å². The van der Waals surface area contributed by atoms with E-state index >= 15 is 0 Å². The molecule has 149 heavy (non-hydrogen) atoms. The minimum Gasteiger partial charge on any atom is -1.00 e. The average molecular weight is 2210 g/mol. The van der Waals surface area contributed by atoms with E-state index < -0.39 is 53.3 Å². The van der Waals surface area contributed by atoms with Crippen LogP contribution in [-0.4, -0.2) is 190 Å². The van der Waals surface area contributed by atoms with Crippen molar-refractivity contribution in [3.8, 4) is 0 Å². The van der Waals surface area contributed by atoms with Gasteiger partial charge in [-0.2, -0.15) is 8.42 Å². The molecule has 0 bridgehead atoms. The number of ether oxygens (including phenoxy) is 7. The predicted molar refractivity (Wildman–Crippen MR) is 585 cm³/mol. The third kappa shape index (κ3) is 55.7. The Balaban J connectivity index is 0. The molecule has 6 atom stereocenters. The van der Waals surface area contributed by atoms with E-state index in [-0.39, 0.29) is 146 Å². The second kappa shape index (κ2) is 70.1. The van der Waals surface area contributed by atoms with E-state index in [9.17, 15) is 45.6 Å². The van der Waals surface area contributed by atoms with Crippen molar-refractivity contribution >= 4 is 112 Å². The van der Waals surface area contributed by atoms with Gasteiger partial charge in [-0.05, 0) is 240 Å². The number of alkyl carbamates (subject to hydrolysis) is 4. The van der Waals surface area contributed by atoms with E-state index in [2.05, 4.69) is 128 Å². The van der Waals surface area contributed by atoms with Crippen LogP contribution in [0.2, 0.25) is 0 Å². The second-order valence-electron chi connectivity index (χ2n) is 39.1. The summed E-state index contributed by atoms with van der Waals surface area (Å²) in [5.41, 5.74) is 22.5.